The normalized spacial score (nSPS) is 22.8. The molecule has 0 spiro atoms. The van der Waals surface area contributed by atoms with Gasteiger partial charge in [0, 0.05) is 56.3 Å². The summed E-state index contributed by atoms with van der Waals surface area (Å²) < 4.78 is 44.1. The molecule has 194 valence electrons. The van der Waals surface area contributed by atoms with Crippen molar-refractivity contribution < 1.29 is 22.7 Å². The van der Waals surface area contributed by atoms with E-state index >= 15 is 0 Å². The molecule has 3 heterocycles. The van der Waals surface area contributed by atoms with Gasteiger partial charge < -0.3 is 9.64 Å². The second-order valence-electron chi connectivity index (χ2n) is 10.4. The first-order chi connectivity index (χ1) is 17.4. The number of alkyl halides is 3. The molecule has 1 aromatic heterocycles. The molecule has 0 N–H and O–H groups in total. The van der Waals surface area contributed by atoms with Gasteiger partial charge in [-0.05, 0) is 55.8 Å². The molecule has 0 radical (unpaired) electrons. The highest BCUT2D eigenvalue weighted by Crippen LogP contribution is 2.36. The van der Waals surface area contributed by atoms with Gasteiger partial charge in [-0.2, -0.15) is 13.2 Å². The number of nitrogens with zero attached hydrogens (tertiary/aromatic N) is 3. The van der Waals surface area contributed by atoms with E-state index in [2.05, 4.69) is 20.9 Å². The molecular weight excluding hydrogens is 467 g/mol. The number of rotatable bonds is 7. The molecule has 3 aliphatic rings. The number of carbonyl (C=O) groups is 1. The lowest BCUT2D eigenvalue weighted by Gasteiger charge is -2.37. The minimum Gasteiger partial charge on any atom is -0.489 e. The second kappa shape index (κ2) is 10.8. The van der Waals surface area contributed by atoms with Gasteiger partial charge in [0.15, 0.2) is 17.4 Å². The zero-order valence-corrected chi connectivity index (χ0v) is 20.6. The summed E-state index contributed by atoms with van der Waals surface area (Å²) in [5.74, 6) is 2.94. The summed E-state index contributed by atoms with van der Waals surface area (Å²) in [6, 6.07) is 6.68. The summed E-state index contributed by atoms with van der Waals surface area (Å²) in [7, 11) is 0. The quantitative estimate of drug-likeness (QED) is 0.461. The van der Waals surface area contributed by atoms with Crippen LogP contribution >= 0.6 is 0 Å². The molecule has 1 aliphatic carbocycles. The second-order valence-corrected chi connectivity index (χ2v) is 10.4. The summed E-state index contributed by atoms with van der Waals surface area (Å²) in [6.07, 6.45) is 4.40. The summed E-state index contributed by atoms with van der Waals surface area (Å²) in [6.45, 7) is 5.84. The number of anilines is 1. The molecule has 0 bridgehead atoms. The number of halogens is 3. The molecule has 0 atom stereocenters. The van der Waals surface area contributed by atoms with Crippen molar-refractivity contribution in [1.29, 1.82) is 0 Å². The van der Waals surface area contributed by atoms with E-state index in [1.165, 1.54) is 24.1 Å². The van der Waals surface area contributed by atoms with Crippen LogP contribution in [0.15, 0.2) is 36.5 Å². The Hall–Kier alpha value is -2.61. The summed E-state index contributed by atoms with van der Waals surface area (Å²) >= 11 is 0. The average molecular weight is 502 g/mol. The van der Waals surface area contributed by atoms with Crippen molar-refractivity contribution in [3.63, 3.8) is 0 Å². The SMILES string of the molecule is O=C(CC1CCC(CCN2CCN(c3nccc4c3OCC4)CC2)CC1)c1ccc(C(F)(F)F)cc1. The number of hydrogen-bond donors (Lipinski definition) is 0. The minimum absolute atomic E-state index is 0.0472. The average Bonchev–Trinajstić information content (AvgIpc) is 3.37. The maximum atomic E-state index is 12.7. The summed E-state index contributed by atoms with van der Waals surface area (Å²) in [4.78, 5) is 22.1. The Morgan fingerprint density at radius 3 is 2.36 bits per heavy atom. The van der Waals surface area contributed by atoms with Crippen LogP contribution in [0.4, 0.5) is 19.0 Å². The van der Waals surface area contributed by atoms with Crippen molar-refractivity contribution in [2.24, 2.45) is 11.8 Å². The van der Waals surface area contributed by atoms with Gasteiger partial charge in [-0.3, -0.25) is 9.69 Å². The van der Waals surface area contributed by atoms with Crippen molar-refractivity contribution >= 4 is 11.6 Å². The molecule has 36 heavy (non-hydrogen) atoms. The Kier molecular flexibility index (Phi) is 7.51. The van der Waals surface area contributed by atoms with Crippen LogP contribution in [0.3, 0.4) is 0 Å². The standard InChI is InChI=1S/C28H34F3N3O2/c29-28(30,31)24-7-5-22(6-8-24)25(35)19-21-3-1-20(2-4-21)10-13-33-14-16-34(17-15-33)27-26-23(9-12-32-27)11-18-36-26/h5-9,12,20-21H,1-4,10-11,13-19H2. The first-order valence-corrected chi connectivity index (χ1v) is 13.2. The highest BCUT2D eigenvalue weighted by molar-refractivity contribution is 5.96. The third-order valence-electron chi connectivity index (χ3n) is 8.09. The largest absolute Gasteiger partial charge is 0.489 e. The van der Waals surface area contributed by atoms with Gasteiger partial charge in [0.25, 0.3) is 0 Å². The highest BCUT2D eigenvalue weighted by atomic mass is 19.4. The zero-order chi connectivity index (χ0) is 25.1. The van der Waals surface area contributed by atoms with Crippen LogP contribution in [0.2, 0.25) is 0 Å². The number of Topliss-reactive ketones (excluding diaryl/α,β-unsaturated/α-hetero) is 1. The Bertz CT molecular complexity index is 1040. The number of hydrogen-bond acceptors (Lipinski definition) is 5. The molecule has 5 rings (SSSR count). The maximum absolute atomic E-state index is 12.7. The van der Waals surface area contributed by atoms with Crippen LogP contribution in [0, 0.1) is 11.8 Å². The number of benzene rings is 1. The van der Waals surface area contributed by atoms with E-state index < -0.39 is 11.7 Å². The first-order valence-electron chi connectivity index (χ1n) is 13.2. The lowest BCUT2D eigenvalue weighted by atomic mass is 9.78. The van der Waals surface area contributed by atoms with Crippen LogP contribution in [0.1, 0.15) is 60.0 Å². The molecule has 0 amide bonds. The zero-order valence-electron chi connectivity index (χ0n) is 20.6. The Balaban J connectivity index is 1.01. The monoisotopic (exact) mass is 501 g/mol. The van der Waals surface area contributed by atoms with E-state index in [9.17, 15) is 18.0 Å². The van der Waals surface area contributed by atoms with Gasteiger partial charge in [-0.1, -0.05) is 25.0 Å². The third-order valence-corrected chi connectivity index (χ3v) is 8.09. The molecule has 2 aromatic rings. The van der Waals surface area contributed by atoms with Crippen LogP contribution in [-0.2, 0) is 12.6 Å². The van der Waals surface area contributed by atoms with Crippen molar-refractivity contribution in [2.75, 3.05) is 44.2 Å². The maximum Gasteiger partial charge on any atom is 0.416 e. The lowest BCUT2D eigenvalue weighted by molar-refractivity contribution is -0.137. The van der Waals surface area contributed by atoms with Crippen LogP contribution in [-0.4, -0.2) is 55.0 Å². The number of carbonyl (C=O) groups excluding carboxylic acids is 1. The Labute approximate surface area is 210 Å². The van der Waals surface area contributed by atoms with E-state index in [-0.39, 0.29) is 5.78 Å². The van der Waals surface area contributed by atoms with Crippen molar-refractivity contribution in [3.05, 3.63) is 53.2 Å². The lowest BCUT2D eigenvalue weighted by Crippen LogP contribution is -2.47. The Morgan fingerprint density at radius 1 is 0.972 bits per heavy atom. The van der Waals surface area contributed by atoms with E-state index in [1.807, 2.05) is 6.20 Å². The molecule has 5 nitrogen and oxygen atoms in total. The molecule has 2 aliphatic heterocycles. The number of aromatic nitrogens is 1. The molecule has 1 saturated carbocycles. The summed E-state index contributed by atoms with van der Waals surface area (Å²) in [5, 5.41) is 0. The van der Waals surface area contributed by atoms with Crippen molar-refractivity contribution in [1.82, 2.24) is 9.88 Å². The topological polar surface area (TPSA) is 45.7 Å². The van der Waals surface area contributed by atoms with Gasteiger partial charge >= 0.3 is 6.18 Å². The molecule has 1 saturated heterocycles. The number of pyridine rings is 1. The molecular formula is C28H34F3N3O2. The minimum atomic E-state index is -4.37. The highest BCUT2D eigenvalue weighted by Gasteiger charge is 2.31. The molecule has 0 unspecified atom stereocenters. The van der Waals surface area contributed by atoms with E-state index in [1.54, 1.807) is 0 Å². The van der Waals surface area contributed by atoms with Crippen LogP contribution in [0.25, 0.3) is 0 Å². The number of ketones is 1. The van der Waals surface area contributed by atoms with Crippen molar-refractivity contribution in [2.45, 2.75) is 51.1 Å². The number of ether oxygens (including phenoxy) is 1. The van der Waals surface area contributed by atoms with Crippen molar-refractivity contribution in [3.8, 4) is 5.75 Å². The predicted octanol–water partition coefficient (Wildman–Crippen LogP) is 5.63. The van der Waals surface area contributed by atoms with Gasteiger partial charge in [0.05, 0.1) is 12.2 Å². The van der Waals surface area contributed by atoms with E-state index in [0.717, 1.165) is 95.1 Å². The smallest absolute Gasteiger partial charge is 0.416 e. The first kappa shape index (κ1) is 25.1. The summed E-state index contributed by atoms with van der Waals surface area (Å²) in [5.41, 5.74) is 0.931. The number of fused-ring (bicyclic) bond motifs is 1. The van der Waals surface area contributed by atoms with Gasteiger partial charge in [0.2, 0.25) is 0 Å². The molecule has 8 heteroatoms. The Morgan fingerprint density at radius 2 is 1.67 bits per heavy atom. The molecule has 1 aromatic carbocycles. The predicted molar refractivity (Wildman–Crippen MR) is 133 cm³/mol. The fraction of sp³-hybridized carbons (Fsp3) is 0.571. The number of piperazine rings is 1. The van der Waals surface area contributed by atoms with Crippen LogP contribution < -0.4 is 9.64 Å². The fourth-order valence-corrected chi connectivity index (χ4v) is 5.82. The van der Waals surface area contributed by atoms with Crippen LogP contribution in [0.5, 0.6) is 5.75 Å². The fourth-order valence-electron chi connectivity index (χ4n) is 5.82. The third kappa shape index (κ3) is 5.85. The van der Waals surface area contributed by atoms with Gasteiger partial charge in [-0.25, -0.2) is 4.98 Å². The van der Waals surface area contributed by atoms with E-state index in [4.69, 9.17) is 4.74 Å². The van der Waals surface area contributed by atoms with Gasteiger partial charge in [-0.15, -0.1) is 0 Å². The van der Waals surface area contributed by atoms with E-state index in [0.29, 0.717) is 23.8 Å². The van der Waals surface area contributed by atoms with Gasteiger partial charge in [0.1, 0.15) is 0 Å². The molecule has 2 fully saturated rings.